The summed E-state index contributed by atoms with van der Waals surface area (Å²) in [5.41, 5.74) is 2.14. The van der Waals surface area contributed by atoms with Gasteiger partial charge in [0.25, 0.3) is 0 Å². The molecule has 0 aliphatic heterocycles. The molecule has 0 N–H and O–H groups in total. The molecule has 4 aromatic rings. The van der Waals surface area contributed by atoms with Gasteiger partial charge in [0.05, 0.1) is 0 Å². The topological polar surface area (TPSA) is 0 Å². The van der Waals surface area contributed by atoms with Crippen molar-refractivity contribution in [2.75, 3.05) is 0 Å². The van der Waals surface area contributed by atoms with Crippen molar-refractivity contribution >= 4 is 17.0 Å². The molecule has 0 spiro atoms. The van der Waals surface area contributed by atoms with Crippen LogP contribution in [0.5, 0.6) is 0 Å². The fourth-order valence-electron chi connectivity index (χ4n) is 2.37. The molecule has 0 saturated heterocycles. The van der Waals surface area contributed by atoms with Crippen LogP contribution in [0.4, 0.5) is 0 Å². The number of hydrogen-bond acceptors (Lipinski definition) is 0. The van der Waals surface area contributed by atoms with Crippen LogP contribution in [0, 0.1) is 19.9 Å². The maximum atomic E-state index is 3.72. The predicted octanol–water partition coefficient (Wildman–Crippen LogP) is 8.39. The van der Waals surface area contributed by atoms with Crippen LogP contribution in [-0.2, 0) is 19.2 Å². The van der Waals surface area contributed by atoms with Gasteiger partial charge in [-0.05, 0) is 0 Å². The maximum Gasteiger partial charge on any atom is -0.0809 e. The van der Waals surface area contributed by atoms with Gasteiger partial charge in [-0.3, -0.25) is 6.08 Å². The molecular weight excluding hydrogens is 436 g/mol. The molecule has 5 rings (SSSR count). The van der Waals surface area contributed by atoms with E-state index in [1.807, 2.05) is 72.8 Å². The molecule has 0 radical (unpaired) electrons. The molecule has 0 nitrogen and oxygen atoms in total. The third-order valence-corrected chi connectivity index (χ3v) is 3.82. The molecule has 0 aromatic heterocycles. The van der Waals surface area contributed by atoms with Crippen LogP contribution in [0.1, 0.15) is 17.5 Å². The average Bonchev–Trinajstić information content (AvgIpc) is 3.51. The standard InChI is InChI=1S/C9H7.2C7H7.C5H5.C2H6Si.Ti/c1-2-5-9-7-3-6-8(9)4-1;2*1-7-5-3-2-4-6-7;1-2-4-5-3-1;1-3-2;/h1-7H;2*2-6H,1H2;1-3H,4H2;1-2H3;/q4*-1;;. The number of benzene rings is 3. The van der Waals surface area contributed by atoms with Crippen LogP contribution in [0.2, 0.25) is 13.1 Å². The minimum absolute atomic E-state index is 0.120. The number of hydrogen-bond donors (Lipinski definition) is 0. The van der Waals surface area contributed by atoms with Crippen LogP contribution >= 0.6 is 0 Å². The summed E-state index contributed by atoms with van der Waals surface area (Å²) in [6, 6.07) is 34.4. The van der Waals surface area contributed by atoms with Gasteiger partial charge in [-0.25, -0.2) is 12.2 Å². The molecule has 0 amide bonds. The minimum atomic E-state index is 0.120. The Bertz CT molecular complexity index is 962. The summed E-state index contributed by atoms with van der Waals surface area (Å²) in [6.07, 6.45) is 10.1. The third-order valence-electron chi connectivity index (χ3n) is 3.82. The second-order valence-corrected chi connectivity index (χ2v) is 13.8. The van der Waals surface area contributed by atoms with Crippen molar-refractivity contribution in [2.45, 2.75) is 19.5 Å². The van der Waals surface area contributed by atoms with Crippen molar-refractivity contribution in [3.63, 3.8) is 0 Å². The summed E-state index contributed by atoms with van der Waals surface area (Å²) in [6.45, 7) is 12.0. The average molecular weight is 469 g/mol. The molecule has 1 aliphatic carbocycles. The Morgan fingerprint density at radius 1 is 0.781 bits per heavy atom. The Morgan fingerprint density at radius 2 is 1.28 bits per heavy atom. The summed E-state index contributed by atoms with van der Waals surface area (Å²) in [7, 11) is 0. The van der Waals surface area contributed by atoms with Crippen LogP contribution < -0.4 is 0 Å². The number of allylic oxidation sites excluding steroid dienone is 4. The monoisotopic (exact) mass is 468 g/mol. The molecule has 4 aromatic carbocycles. The molecule has 0 bridgehead atoms. The van der Waals surface area contributed by atoms with Crippen molar-refractivity contribution in [2.24, 2.45) is 0 Å². The van der Waals surface area contributed by atoms with Gasteiger partial charge in [-0.2, -0.15) is 72.8 Å². The number of fused-ring (bicyclic) bond motifs is 1. The fourth-order valence-corrected chi connectivity index (χ4v) is 2.37. The van der Waals surface area contributed by atoms with E-state index in [2.05, 4.69) is 101 Å². The summed E-state index contributed by atoms with van der Waals surface area (Å²) < 4.78 is 0. The largest absolute Gasteiger partial charge is 0.273 e. The molecule has 0 unspecified atom stereocenters. The molecule has 0 heterocycles. The van der Waals surface area contributed by atoms with Crippen LogP contribution in [0.25, 0.3) is 10.8 Å². The van der Waals surface area contributed by atoms with Crippen LogP contribution in [0.3, 0.4) is 0 Å². The Hall–Kier alpha value is -2.58. The quantitative estimate of drug-likeness (QED) is 0.180. The van der Waals surface area contributed by atoms with E-state index in [1.54, 1.807) is 0 Å². The summed E-state index contributed by atoms with van der Waals surface area (Å²) in [4.78, 5) is 0. The minimum Gasteiger partial charge on any atom is -0.273 e. The second kappa shape index (κ2) is 18.0. The van der Waals surface area contributed by atoms with Crippen molar-refractivity contribution in [3.8, 4) is 0 Å². The first-order valence-electron chi connectivity index (χ1n) is 10.6. The van der Waals surface area contributed by atoms with E-state index < -0.39 is 0 Å². The van der Waals surface area contributed by atoms with E-state index in [0.29, 0.717) is 0 Å². The first-order valence-corrected chi connectivity index (χ1v) is 15.4. The Balaban J connectivity index is 0.000000206. The van der Waals surface area contributed by atoms with Crippen molar-refractivity contribution in [1.82, 2.24) is 0 Å². The molecule has 32 heavy (non-hydrogen) atoms. The smallest absolute Gasteiger partial charge is 0.0809 e. The molecule has 2 heteroatoms. The van der Waals surface area contributed by atoms with E-state index in [0.717, 1.165) is 17.5 Å². The summed E-state index contributed by atoms with van der Waals surface area (Å²) in [5.74, 6) is 0. The van der Waals surface area contributed by atoms with Gasteiger partial charge in [-0.15, -0.1) is 60.3 Å². The van der Waals surface area contributed by atoms with Gasteiger partial charge in [0, 0.05) is 0 Å². The SMILES string of the molecule is C[Si](C)=[Ti].[C-]1=CC=CC1.[CH2-]c1ccccc1.[CH2-]c1ccccc1.c1ccc2[cH-]ccc2c1. The fraction of sp³-hybridized carbons (Fsp3) is 0.100. The molecule has 0 saturated carbocycles. The number of rotatable bonds is 0. The Kier molecular flexibility index (Phi) is 15.5. The maximum absolute atomic E-state index is 3.72. The van der Waals surface area contributed by atoms with Crippen molar-refractivity contribution in [3.05, 3.63) is 152 Å². The summed E-state index contributed by atoms with van der Waals surface area (Å²) >= 11 is 2.27. The van der Waals surface area contributed by atoms with E-state index in [4.69, 9.17) is 0 Å². The van der Waals surface area contributed by atoms with Crippen LogP contribution in [-0.4, -0.2) is 6.19 Å². The van der Waals surface area contributed by atoms with Gasteiger partial charge in [0.1, 0.15) is 0 Å². The molecule has 164 valence electrons. The van der Waals surface area contributed by atoms with Crippen molar-refractivity contribution < 1.29 is 19.2 Å². The van der Waals surface area contributed by atoms with E-state index in [9.17, 15) is 0 Å². The third kappa shape index (κ3) is 15.3. The van der Waals surface area contributed by atoms with E-state index in [-0.39, 0.29) is 6.19 Å². The zero-order valence-electron chi connectivity index (χ0n) is 19.2. The van der Waals surface area contributed by atoms with Crippen molar-refractivity contribution in [1.29, 1.82) is 0 Å². The van der Waals surface area contributed by atoms with Gasteiger partial charge >= 0.3 is 38.5 Å². The van der Waals surface area contributed by atoms with E-state index in [1.165, 1.54) is 10.8 Å². The Morgan fingerprint density at radius 3 is 1.62 bits per heavy atom. The predicted molar refractivity (Wildman–Crippen MR) is 140 cm³/mol. The zero-order chi connectivity index (χ0) is 23.4. The molecule has 1 aliphatic rings. The summed E-state index contributed by atoms with van der Waals surface area (Å²) in [5, 5.41) is 2.66. The van der Waals surface area contributed by atoms with Gasteiger partial charge in [0.15, 0.2) is 0 Å². The van der Waals surface area contributed by atoms with Gasteiger partial charge < -0.3 is 0 Å². The normalized spacial score (nSPS) is 10.2. The molecule has 0 atom stereocenters. The molecule has 0 fully saturated rings. The van der Waals surface area contributed by atoms with Gasteiger partial charge in [0.2, 0.25) is 0 Å². The van der Waals surface area contributed by atoms with Crippen LogP contribution in [0.15, 0.2) is 121 Å². The first-order chi connectivity index (χ1) is 15.5. The van der Waals surface area contributed by atoms with Gasteiger partial charge in [-0.1, -0.05) is 18.2 Å². The zero-order valence-corrected chi connectivity index (χ0v) is 21.7. The second-order valence-electron chi connectivity index (χ2n) is 7.13. The van der Waals surface area contributed by atoms with E-state index >= 15 is 0 Å². The molecular formula is C30H32SiTi-4. The first kappa shape index (κ1) is 27.5. The Labute approximate surface area is 207 Å².